The Hall–Kier alpha value is -1.53. The molecule has 0 radical (unpaired) electrons. The van der Waals surface area contributed by atoms with Gasteiger partial charge in [0.1, 0.15) is 0 Å². The van der Waals surface area contributed by atoms with E-state index < -0.39 is 11.9 Å². The number of hydrogen-bond acceptors (Lipinski definition) is 4. The first-order chi connectivity index (χ1) is 12.0. The van der Waals surface area contributed by atoms with E-state index in [1.165, 1.54) is 17.3 Å². The average molecular weight is 365 g/mol. The van der Waals surface area contributed by atoms with Crippen molar-refractivity contribution in [1.82, 2.24) is 5.32 Å². The van der Waals surface area contributed by atoms with Gasteiger partial charge in [0.15, 0.2) is 0 Å². The highest BCUT2D eigenvalue weighted by molar-refractivity contribution is 8.00. The van der Waals surface area contributed by atoms with Crippen molar-refractivity contribution in [1.29, 1.82) is 0 Å². The first-order valence-corrected chi connectivity index (χ1v) is 9.76. The molecule has 1 amide bonds. The van der Waals surface area contributed by atoms with Gasteiger partial charge in [0, 0.05) is 24.7 Å². The molecule has 1 aromatic rings. The summed E-state index contributed by atoms with van der Waals surface area (Å²) >= 11 is 1.47. The lowest BCUT2D eigenvalue weighted by molar-refractivity contribution is -0.144. The lowest BCUT2D eigenvalue weighted by Gasteiger charge is -2.27. The molecule has 2 rings (SSSR count). The molecule has 1 heterocycles. The summed E-state index contributed by atoms with van der Waals surface area (Å²) in [5, 5.41) is 12.2. The number of benzene rings is 1. The lowest BCUT2D eigenvalue weighted by atomic mass is 9.86. The molecule has 0 bridgehead atoms. The van der Waals surface area contributed by atoms with Crippen molar-refractivity contribution in [3.05, 3.63) is 29.8 Å². The SMILES string of the molecule is CC(C)c1ccc(SCC(=O)NCC(C(=O)O)C2CCOCC2)cc1. The van der Waals surface area contributed by atoms with Crippen LogP contribution >= 0.6 is 11.8 Å². The highest BCUT2D eigenvalue weighted by atomic mass is 32.2. The third-order valence-corrected chi connectivity index (χ3v) is 5.60. The Bertz CT molecular complexity index is 567. The highest BCUT2D eigenvalue weighted by Gasteiger charge is 2.29. The van der Waals surface area contributed by atoms with Gasteiger partial charge in [-0.3, -0.25) is 9.59 Å². The van der Waals surface area contributed by atoms with Gasteiger partial charge < -0.3 is 15.2 Å². The molecule has 1 atom stereocenters. The number of amides is 1. The smallest absolute Gasteiger partial charge is 0.308 e. The molecule has 0 aliphatic carbocycles. The second kappa shape index (κ2) is 9.82. The zero-order valence-electron chi connectivity index (χ0n) is 14.9. The molecular formula is C19H27NO4S. The van der Waals surface area contributed by atoms with E-state index in [2.05, 4.69) is 31.3 Å². The molecule has 138 valence electrons. The van der Waals surface area contributed by atoms with Crippen LogP contribution in [0.2, 0.25) is 0 Å². The van der Waals surface area contributed by atoms with Crippen molar-refractivity contribution in [3.8, 4) is 0 Å². The Labute approximate surface area is 153 Å². The number of carbonyl (C=O) groups excluding carboxylic acids is 1. The van der Waals surface area contributed by atoms with Gasteiger partial charge in [-0.2, -0.15) is 0 Å². The topological polar surface area (TPSA) is 75.6 Å². The van der Waals surface area contributed by atoms with Gasteiger partial charge in [0.2, 0.25) is 5.91 Å². The van der Waals surface area contributed by atoms with Crippen LogP contribution in [0.4, 0.5) is 0 Å². The van der Waals surface area contributed by atoms with E-state index in [-0.39, 0.29) is 18.4 Å². The van der Waals surface area contributed by atoms with Crippen molar-refractivity contribution in [2.45, 2.75) is 37.5 Å². The molecule has 0 aromatic heterocycles. The maximum Gasteiger partial charge on any atom is 0.308 e. The number of thioether (sulfide) groups is 1. The summed E-state index contributed by atoms with van der Waals surface area (Å²) in [6, 6.07) is 8.21. The maximum absolute atomic E-state index is 12.1. The molecule has 1 unspecified atom stereocenters. The molecule has 5 nitrogen and oxygen atoms in total. The van der Waals surface area contributed by atoms with Crippen LogP contribution in [-0.2, 0) is 14.3 Å². The lowest BCUT2D eigenvalue weighted by Crippen LogP contribution is -2.39. The molecule has 25 heavy (non-hydrogen) atoms. The fourth-order valence-corrected chi connectivity index (χ4v) is 3.67. The molecule has 1 saturated heterocycles. The van der Waals surface area contributed by atoms with Crippen LogP contribution in [0, 0.1) is 11.8 Å². The van der Waals surface area contributed by atoms with Gasteiger partial charge in [0.05, 0.1) is 11.7 Å². The van der Waals surface area contributed by atoms with E-state index in [0.717, 1.165) is 17.7 Å². The predicted octanol–water partition coefficient (Wildman–Crippen LogP) is 3.15. The monoisotopic (exact) mass is 365 g/mol. The fourth-order valence-electron chi connectivity index (χ4n) is 2.95. The number of hydrogen-bond donors (Lipinski definition) is 2. The Morgan fingerprint density at radius 2 is 1.88 bits per heavy atom. The van der Waals surface area contributed by atoms with E-state index in [1.54, 1.807) is 0 Å². The van der Waals surface area contributed by atoms with Gasteiger partial charge in [-0.15, -0.1) is 11.8 Å². The zero-order valence-corrected chi connectivity index (χ0v) is 15.7. The minimum absolute atomic E-state index is 0.0720. The second-order valence-electron chi connectivity index (χ2n) is 6.71. The quantitative estimate of drug-likeness (QED) is 0.692. The van der Waals surface area contributed by atoms with Gasteiger partial charge in [-0.1, -0.05) is 26.0 Å². The molecular weight excluding hydrogens is 338 g/mol. The maximum atomic E-state index is 12.1. The summed E-state index contributed by atoms with van der Waals surface area (Å²) in [6.07, 6.45) is 1.48. The van der Waals surface area contributed by atoms with E-state index in [4.69, 9.17) is 4.74 Å². The Morgan fingerprint density at radius 3 is 2.44 bits per heavy atom. The standard InChI is InChI=1S/C19H27NO4S/c1-13(2)14-3-5-16(6-4-14)25-12-18(21)20-11-17(19(22)23)15-7-9-24-10-8-15/h3-6,13,15,17H,7-12H2,1-2H3,(H,20,21)(H,22,23). The van der Waals surface area contributed by atoms with Crippen LogP contribution in [0.1, 0.15) is 38.2 Å². The van der Waals surface area contributed by atoms with Crippen molar-refractivity contribution in [2.75, 3.05) is 25.5 Å². The molecule has 1 fully saturated rings. The number of carbonyl (C=O) groups is 2. The van der Waals surface area contributed by atoms with Gasteiger partial charge in [-0.25, -0.2) is 0 Å². The van der Waals surface area contributed by atoms with E-state index in [1.807, 2.05) is 12.1 Å². The average Bonchev–Trinajstić information content (AvgIpc) is 2.61. The summed E-state index contributed by atoms with van der Waals surface area (Å²) < 4.78 is 5.28. The van der Waals surface area contributed by atoms with Crippen LogP contribution in [-0.4, -0.2) is 42.5 Å². The van der Waals surface area contributed by atoms with E-state index >= 15 is 0 Å². The highest BCUT2D eigenvalue weighted by Crippen LogP contribution is 2.24. The zero-order chi connectivity index (χ0) is 18.2. The third kappa shape index (κ3) is 6.36. The Morgan fingerprint density at radius 1 is 1.24 bits per heavy atom. The first kappa shape index (κ1) is 19.8. The first-order valence-electron chi connectivity index (χ1n) is 8.77. The summed E-state index contributed by atoms with van der Waals surface area (Å²) in [5.41, 5.74) is 1.27. The summed E-state index contributed by atoms with van der Waals surface area (Å²) in [4.78, 5) is 24.6. The number of carboxylic acid groups (broad SMARTS) is 1. The van der Waals surface area contributed by atoms with Gasteiger partial charge >= 0.3 is 5.97 Å². The Kier molecular flexibility index (Phi) is 7.78. The number of aliphatic carboxylic acids is 1. The third-order valence-electron chi connectivity index (χ3n) is 4.59. The number of rotatable bonds is 8. The normalized spacial score (nSPS) is 16.6. The van der Waals surface area contributed by atoms with Crippen molar-refractivity contribution < 1.29 is 19.4 Å². The largest absolute Gasteiger partial charge is 0.481 e. The van der Waals surface area contributed by atoms with E-state index in [9.17, 15) is 14.7 Å². The molecule has 1 aromatic carbocycles. The fraction of sp³-hybridized carbons (Fsp3) is 0.579. The van der Waals surface area contributed by atoms with E-state index in [0.29, 0.717) is 24.9 Å². The van der Waals surface area contributed by atoms with Crippen LogP contribution in [0.15, 0.2) is 29.2 Å². The van der Waals surface area contributed by atoms with Crippen LogP contribution in [0.25, 0.3) is 0 Å². The molecule has 2 N–H and O–H groups in total. The molecule has 0 saturated carbocycles. The molecule has 6 heteroatoms. The predicted molar refractivity (Wildman–Crippen MR) is 98.9 cm³/mol. The Balaban J connectivity index is 1.77. The summed E-state index contributed by atoms with van der Waals surface area (Å²) in [5.74, 6) is -0.659. The van der Waals surface area contributed by atoms with Crippen molar-refractivity contribution in [3.63, 3.8) is 0 Å². The van der Waals surface area contributed by atoms with Crippen LogP contribution < -0.4 is 5.32 Å². The van der Waals surface area contributed by atoms with Gasteiger partial charge in [0.25, 0.3) is 0 Å². The van der Waals surface area contributed by atoms with Crippen molar-refractivity contribution >= 4 is 23.6 Å². The summed E-state index contributed by atoms with van der Waals surface area (Å²) in [6.45, 7) is 5.68. The number of ether oxygens (including phenoxy) is 1. The summed E-state index contributed by atoms with van der Waals surface area (Å²) in [7, 11) is 0. The molecule has 0 spiro atoms. The molecule has 1 aliphatic rings. The minimum atomic E-state index is -0.843. The van der Waals surface area contributed by atoms with Crippen molar-refractivity contribution in [2.24, 2.45) is 11.8 Å². The number of nitrogens with one attached hydrogen (secondary N) is 1. The molecule has 1 aliphatic heterocycles. The second-order valence-corrected chi connectivity index (χ2v) is 7.76. The number of carboxylic acids is 1. The van der Waals surface area contributed by atoms with Crippen LogP contribution in [0.5, 0.6) is 0 Å². The van der Waals surface area contributed by atoms with Gasteiger partial charge in [-0.05, 0) is 42.4 Å². The minimum Gasteiger partial charge on any atom is -0.481 e. The van der Waals surface area contributed by atoms with Crippen LogP contribution in [0.3, 0.4) is 0 Å².